The molecule has 0 atom stereocenters. The van der Waals surface area contributed by atoms with Crippen LogP contribution in [0.15, 0.2) is 52.2 Å². The molecule has 164 valence electrons. The van der Waals surface area contributed by atoms with Crippen LogP contribution in [-0.4, -0.2) is 54.2 Å². The van der Waals surface area contributed by atoms with E-state index in [-0.39, 0.29) is 17.7 Å². The molecule has 4 heterocycles. The average molecular weight is 451 g/mol. The average Bonchev–Trinajstić information content (AvgIpc) is 3.45. The van der Waals surface area contributed by atoms with Crippen molar-refractivity contribution in [3.63, 3.8) is 0 Å². The van der Waals surface area contributed by atoms with E-state index in [0.29, 0.717) is 17.8 Å². The van der Waals surface area contributed by atoms with E-state index in [2.05, 4.69) is 25.5 Å². The Hall–Kier alpha value is -3.37. The lowest BCUT2D eigenvalue weighted by atomic mass is 10.1. The molecule has 2 N–H and O–H groups in total. The van der Waals surface area contributed by atoms with E-state index in [1.54, 1.807) is 24.2 Å². The third-order valence-corrected chi connectivity index (χ3v) is 6.30. The molecule has 10 heteroatoms. The van der Waals surface area contributed by atoms with Crippen LogP contribution in [-0.2, 0) is 6.54 Å². The monoisotopic (exact) mass is 450 g/mol. The molecule has 0 aliphatic carbocycles. The number of amides is 2. The number of carbonyl (C=O) groups excluding carboxylic acids is 2. The summed E-state index contributed by atoms with van der Waals surface area (Å²) in [6.07, 6.45) is 6.70. The lowest BCUT2D eigenvalue weighted by Crippen LogP contribution is -2.43. The van der Waals surface area contributed by atoms with Gasteiger partial charge in [-0.25, -0.2) is 4.98 Å². The molecular weight excluding hydrogens is 428 g/mol. The number of benzene rings is 1. The number of thioether (sulfide) groups is 1. The molecule has 32 heavy (non-hydrogen) atoms. The molecule has 2 aliphatic rings. The van der Waals surface area contributed by atoms with Gasteiger partial charge in [-0.3, -0.25) is 19.5 Å². The number of nitrogens with zero attached hydrogens (tertiary/aromatic N) is 4. The van der Waals surface area contributed by atoms with Crippen LogP contribution >= 0.6 is 11.8 Å². The Labute approximate surface area is 189 Å². The fourth-order valence-corrected chi connectivity index (χ4v) is 4.36. The number of piperazine rings is 1. The third kappa shape index (κ3) is 3.82. The van der Waals surface area contributed by atoms with E-state index in [1.807, 2.05) is 30.5 Å². The number of fused-ring (bicyclic) bond motifs is 1. The van der Waals surface area contributed by atoms with Crippen molar-refractivity contribution in [1.29, 1.82) is 0 Å². The number of nitrogens with one attached hydrogen (secondary N) is 2. The molecular formula is C22H22N6O3S. The van der Waals surface area contributed by atoms with Gasteiger partial charge < -0.3 is 20.0 Å². The van der Waals surface area contributed by atoms with Crippen molar-refractivity contribution in [3.8, 4) is 0 Å². The van der Waals surface area contributed by atoms with Crippen molar-refractivity contribution in [3.05, 3.63) is 59.9 Å². The second kappa shape index (κ2) is 8.64. The van der Waals surface area contributed by atoms with Crippen molar-refractivity contribution in [2.45, 2.75) is 11.4 Å². The Balaban J connectivity index is 1.33. The number of rotatable bonds is 5. The van der Waals surface area contributed by atoms with Crippen molar-refractivity contribution < 1.29 is 14.0 Å². The van der Waals surface area contributed by atoms with Crippen molar-refractivity contribution in [1.82, 2.24) is 15.3 Å². The summed E-state index contributed by atoms with van der Waals surface area (Å²) in [5.41, 5.74) is 3.06. The van der Waals surface area contributed by atoms with Gasteiger partial charge in [0, 0.05) is 42.8 Å². The fourth-order valence-electron chi connectivity index (χ4n) is 3.92. The standard InChI is InChI=1S/C22H22N6O3S/c1-32-15-3-2-14-13-28(22(30)16(14)10-15)19-12-25-21(31-19)20(29)26-17-11-24-5-4-18(17)27-8-6-23-7-9-27/h2-5,10-12,23H,6-9,13H2,1H3,(H,26,29). The number of hydrogen-bond donors (Lipinski definition) is 2. The number of oxazole rings is 1. The van der Waals surface area contributed by atoms with Gasteiger partial charge in [0.25, 0.3) is 11.8 Å². The smallest absolute Gasteiger partial charge is 0.311 e. The quantitative estimate of drug-likeness (QED) is 0.572. The fraction of sp³-hybridized carbons (Fsp3) is 0.273. The highest BCUT2D eigenvalue weighted by Gasteiger charge is 2.31. The molecule has 1 saturated heterocycles. The Morgan fingerprint density at radius 1 is 1.22 bits per heavy atom. The molecule has 2 aromatic heterocycles. The predicted octanol–water partition coefficient (Wildman–Crippen LogP) is 2.61. The molecule has 2 aliphatic heterocycles. The van der Waals surface area contributed by atoms with Crippen LogP contribution in [0.5, 0.6) is 0 Å². The molecule has 1 fully saturated rings. The zero-order valence-electron chi connectivity index (χ0n) is 17.5. The summed E-state index contributed by atoms with van der Waals surface area (Å²) in [4.78, 5) is 38.7. The molecule has 0 radical (unpaired) electrons. The van der Waals surface area contributed by atoms with Crippen molar-refractivity contribution in [2.24, 2.45) is 0 Å². The van der Waals surface area contributed by atoms with Gasteiger partial charge >= 0.3 is 5.91 Å². The lowest BCUT2D eigenvalue weighted by molar-refractivity contribution is 0.0972. The lowest BCUT2D eigenvalue weighted by Gasteiger charge is -2.30. The van der Waals surface area contributed by atoms with E-state index >= 15 is 0 Å². The molecule has 0 saturated carbocycles. The number of anilines is 3. The van der Waals surface area contributed by atoms with Gasteiger partial charge in [-0.05, 0) is 30.0 Å². The van der Waals surface area contributed by atoms with E-state index in [9.17, 15) is 9.59 Å². The summed E-state index contributed by atoms with van der Waals surface area (Å²) in [7, 11) is 0. The van der Waals surface area contributed by atoms with Crippen LogP contribution in [0.4, 0.5) is 17.3 Å². The number of aromatic nitrogens is 2. The predicted molar refractivity (Wildman–Crippen MR) is 123 cm³/mol. The summed E-state index contributed by atoms with van der Waals surface area (Å²) in [5.74, 6) is -0.513. The van der Waals surface area contributed by atoms with Crippen LogP contribution in [0.1, 0.15) is 26.6 Å². The Bertz CT molecular complexity index is 1170. The molecule has 3 aromatic rings. The minimum atomic E-state index is -0.491. The van der Waals surface area contributed by atoms with Gasteiger partial charge in [0.1, 0.15) is 0 Å². The number of carbonyl (C=O) groups is 2. The Morgan fingerprint density at radius 3 is 2.88 bits per heavy atom. The Kier molecular flexibility index (Phi) is 5.54. The summed E-state index contributed by atoms with van der Waals surface area (Å²) in [6.45, 7) is 3.82. The van der Waals surface area contributed by atoms with Crippen LogP contribution < -0.4 is 20.4 Å². The van der Waals surface area contributed by atoms with E-state index in [4.69, 9.17) is 4.42 Å². The van der Waals surface area contributed by atoms with Crippen LogP contribution in [0.3, 0.4) is 0 Å². The highest BCUT2D eigenvalue weighted by atomic mass is 32.2. The second-order valence-corrected chi connectivity index (χ2v) is 8.38. The van der Waals surface area contributed by atoms with E-state index in [1.165, 1.54) is 11.1 Å². The maximum Gasteiger partial charge on any atom is 0.311 e. The first-order chi connectivity index (χ1) is 15.6. The van der Waals surface area contributed by atoms with Crippen LogP contribution in [0.2, 0.25) is 0 Å². The van der Waals surface area contributed by atoms with E-state index < -0.39 is 5.91 Å². The van der Waals surface area contributed by atoms with Gasteiger partial charge in [0.2, 0.25) is 5.88 Å². The summed E-state index contributed by atoms with van der Waals surface area (Å²) in [5, 5.41) is 6.16. The molecule has 0 bridgehead atoms. The molecule has 5 rings (SSSR count). The molecule has 1 aromatic carbocycles. The van der Waals surface area contributed by atoms with Gasteiger partial charge in [-0.15, -0.1) is 11.8 Å². The minimum Gasteiger partial charge on any atom is -0.416 e. The summed E-state index contributed by atoms with van der Waals surface area (Å²) >= 11 is 1.58. The van der Waals surface area contributed by atoms with Gasteiger partial charge in [0.05, 0.1) is 30.3 Å². The molecule has 0 unspecified atom stereocenters. The molecule has 0 spiro atoms. The first kappa shape index (κ1) is 20.5. The first-order valence-electron chi connectivity index (χ1n) is 10.3. The maximum atomic E-state index is 12.9. The number of hydrogen-bond acceptors (Lipinski definition) is 8. The Morgan fingerprint density at radius 2 is 2.06 bits per heavy atom. The highest BCUT2D eigenvalue weighted by Crippen LogP contribution is 2.31. The van der Waals surface area contributed by atoms with Crippen molar-refractivity contribution >= 4 is 40.8 Å². The summed E-state index contributed by atoms with van der Waals surface area (Å²) in [6, 6.07) is 7.70. The SMILES string of the molecule is CSc1ccc2c(c1)C(=O)N(c1cnc(C(=O)Nc3cnccc3N3CCNCC3)o1)C2. The largest absolute Gasteiger partial charge is 0.416 e. The third-order valence-electron chi connectivity index (χ3n) is 5.58. The zero-order chi connectivity index (χ0) is 22.1. The van der Waals surface area contributed by atoms with Gasteiger partial charge in [-0.1, -0.05) is 6.07 Å². The minimum absolute atomic E-state index is 0.108. The second-order valence-electron chi connectivity index (χ2n) is 7.50. The molecule has 9 nitrogen and oxygen atoms in total. The maximum absolute atomic E-state index is 12.9. The highest BCUT2D eigenvalue weighted by molar-refractivity contribution is 7.98. The summed E-state index contributed by atoms with van der Waals surface area (Å²) < 4.78 is 5.68. The van der Waals surface area contributed by atoms with Crippen LogP contribution in [0.25, 0.3) is 0 Å². The van der Waals surface area contributed by atoms with E-state index in [0.717, 1.165) is 42.3 Å². The normalized spacial score (nSPS) is 15.7. The van der Waals surface area contributed by atoms with Crippen LogP contribution in [0, 0.1) is 0 Å². The van der Waals surface area contributed by atoms with Crippen molar-refractivity contribution in [2.75, 3.05) is 47.6 Å². The number of pyridine rings is 1. The van der Waals surface area contributed by atoms with Gasteiger partial charge in [-0.2, -0.15) is 0 Å². The topological polar surface area (TPSA) is 104 Å². The first-order valence-corrected chi connectivity index (χ1v) is 11.5. The molecule has 2 amide bonds. The zero-order valence-corrected chi connectivity index (χ0v) is 18.3. The van der Waals surface area contributed by atoms with Gasteiger partial charge in [0.15, 0.2) is 0 Å².